The molecule has 1 fully saturated rings. The van der Waals surface area contributed by atoms with E-state index in [1.165, 1.54) is 0 Å². The predicted octanol–water partition coefficient (Wildman–Crippen LogP) is 1.12. The van der Waals surface area contributed by atoms with E-state index < -0.39 is 0 Å². The van der Waals surface area contributed by atoms with Crippen LogP contribution in [0.3, 0.4) is 0 Å². The summed E-state index contributed by atoms with van der Waals surface area (Å²) < 4.78 is 5.33. The molecule has 1 aromatic heterocycles. The highest BCUT2D eigenvalue weighted by Gasteiger charge is 2.35. The Morgan fingerprint density at radius 1 is 1.59 bits per heavy atom. The summed E-state index contributed by atoms with van der Waals surface area (Å²) in [6, 6.07) is 5.88. The molecule has 0 N–H and O–H groups in total. The van der Waals surface area contributed by atoms with Crippen LogP contribution < -0.4 is 0 Å². The molecular weight excluding hydrogens is 216 g/mol. The van der Waals surface area contributed by atoms with Crippen LogP contribution in [-0.2, 0) is 16.1 Å². The number of hydrogen-bond donors (Lipinski definition) is 0. The zero-order chi connectivity index (χ0) is 12.1. The number of aldehydes is 1. The lowest BCUT2D eigenvalue weighted by molar-refractivity contribution is -0.117. The van der Waals surface area contributed by atoms with Gasteiger partial charge in [0.1, 0.15) is 6.29 Å². The lowest BCUT2D eigenvalue weighted by Gasteiger charge is -2.26. The van der Waals surface area contributed by atoms with Gasteiger partial charge in [-0.25, -0.2) is 0 Å². The molecule has 2 rings (SSSR count). The molecule has 0 saturated carbocycles. The van der Waals surface area contributed by atoms with Crippen molar-refractivity contribution >= 4 is 6.29 Å². The number of nitrogens with zero attached hydrogens (tertiary/aromatic N) is 2. The molecule has 1 aromatic rings. The molecule has 1 aliphatic rings. The number of aromatic nitrogens is 1. The Kier molecular flexibility index (Phi) is 3.86. The van der Waals surface area contributed by atoms with Gasteiger partial charge in [-0.2, -0.15) is 0 Å². The first-order valence-corrected chi connectivity index (χ1v) is 5.87. The highest BCUT2D eigenvalue weighted by Crippen LogP contribution is 2.27. The van der Waals surface area contributed by atoms with Crippen LogP contribution in [-0.4, -0.2) is 43.0 Å². The Hall–Kier alpha value is -1.26. The molecule has 4 heteroatoms. The third-order valence-electron chi connectivity index (χ3n) is 3.13. The molecule has 0 aromatic carbocycles. The number of hydrogen-bond acceptors (Lipinski definition) is 4. The molecule has 0 radical (unpaired) electrons. The number of carbonyl (C=O) groups is 1. The normalized spacial score (nSPS) is 24.1. The molecule has 0 aliphatic carbocycles. The zero-order valence-corrected chi connectivity index (χ0v) is 10.1. The third-order valence-corrected chi connectivity index (χ3v) is 3.13. The first kappa shape index (κ1) is 12.2. The van der Waals surface area contributed by atoms with Gasteiger partial charge in [0.25, 0.3) is 0 Å². The van der Waals surface area contributed by atoms with E-state index in [-0.39, 0.29) is 5.41 Å². The lowest BCUT2D eigenvalue weighted by Crippen LogP contribution is -2.37. The fourth-order valence-electron chi connectivity index (χ4n) is 2.24. The zero-order valence-electron chi connectivity index (χ0n) is 10.1. The standard InChI is InChI=1S/C13H18N2O2/c1-15(8-12-4-2-3-6-14-12)9-13(10-16)5-7-17-11-13/h2-4,6,10H,5,7-9,11H2,1H3. The van der Waals surface area contributed by atoms with Gasteiger partial charge in [0.2, 0.25) is 0 Å². The SMILES string of the molecule is CN(Cc1ccccn1)CC1(C=O)CCOC1. The van der Waals surface area contributed by atoms with E-state index in [1.807, 2.05) is 25.2 Å². The van der Waals surface area contributed by atoms with E-state index >= 15 is 0 Å². The Morgan fingerprint density at radius 2 is 2.47 bits per heavy atom. The van der Waals surface area contributed by atoms with Gasteiger partial charge in [-0.1, -0.05) is 6.07 Å². The maximum atomic E-state index is 11.2. The van der Waals surface area contributed by atoms with Crippen LogP contribution in [0.5, 0.6) is 0 Å². The summed E-state index contributed by atoms with van der Waals surface area (Å²) in [6.07, 6.45) is 3.66. The summed E-state index contributed by atoms with van der Waals surface area (Å²) in [7, 11) is 2.01. The summed E-state index contributed by atoms with van der Waals surface area (Å²) in [6.45, 7) is 2.72. The molecule has 1 atom stereocenters. The van der Waals surface area contributed by atoms with E-state index in [4.69, 9.17) is 4.74 Å². The van der Waals surface area contributed by atoms with E-state index in [1.54, 1.807) is 6.20 Å². The number of pyridine rings is 1. The Labute approximate surface area is 102 Å². The van der Waals surface area contributed by atoms with Crippen LogP contribution in [0.1, 0.15) is 12.1 Å². The Morgan fingerprint density at radius 3 is 3.06 bits per heavy atom. The summed E-state index contributed by atoms with van der Waals surface area (Å²) in [5.74, 6) is 0. The molecule has 1 aliphatic heterocycles. The van der Waals surface area contributed by atoms with Crippen molar-refractivity contribution in [3.05, 3.63) is 30.1 Å². The van der Waals surface area contributed by atoms with Gasteiger partial charge in [-0.05, 0) is 25.6 Å². The first-order chi connectivity index (χ1) is 8.24. The summed E-state index contributed by atoms with van der Waals surface area (Å²) in [4.78, 5) is 17.6. The van der Waals surface area contributed by atoms with Gasteiger partial charge < -0.3 is 9.53 Å². The third kappa shape index (κ3) is 3.11. The minimum Gasteiger partial charge on any atom is -0.380 e. The van der Waals surface area contributed by atoms with Crippen LogP contribution in [0.15, 0.2) is 24.4 Å². The van der Waals surface area contributed by atoms with Crippen molar-refractivity contribution in [2.24, 2.45) is 5.41 Å². The quantitative estimate of drug-likeness (QED) is 0.716. The maximum absolute atomic E-state index is 11.2. The average molecular weight is 234 g/mol. The molecule has 0 amide bonds. The average Bonchev–Trinajstić information content (AvgIpc) is 2.79. The van der Waals surface area contributed by atoms with Crippen molar-refractivity contribution < 1.29 is 9.53 Å². The van der Waals surface area contributed by atoms with Gasteiger partial charge in [-0.3, -0.25) is 9.88 Å². The van der Waals surface area contributed by atoms with Crippen molar-refractivity contribution in [1.29, 1.82) is 0 Å². The second-order valence-electron chi connectivity index (χ2n) is 4.78. The van der Waals surface area contributed by atoms with Crippen molar-refractivity contribution in [3.8, 4) is 0 Å². The van der Waals surface area contributed by atoms with Gasteiger partial charge in [0, 0.05) is 25.9 Å². The van der Waals surface area contributed by atoms with Gasteiger partial charge in [0.05, 0.1) is 17.7 Å². The summed E-state index contributed by atoms with van der Waals surface area (Å²) >= 11 is 0. The summed E-state index contributed by atoms with van der Waals surface area (Å²) in [5, 5.41) is 0. The second kappa shape index (κ2) is 5.38. The highest BCUT2D eigenvalue weighted by molar-refractivity contribution is 5.60. The van der Waals surface area contributed by atoms with Crippen molar-refractivity contribution in [1.82, 2.24) is 9.88 Å². The minimum atomic E-state index is -0.316. The van der Waals surface area contributed by atoms with Crippen LogP contribution in [0.2, 0.25) is 0 Å². The minimum absolute atomic E-state index is 0.316. The molecule has 1 saturated heterocycles. The fourth-order valence-corrected chi connectivity index (χ4v) is 2.24. The fraction of sp³-hybridized carbons (Fsp3) is 0.538. The maximum Gasteiger partial charge on any atom is 0.129 e. The van der Waals surface area contributed by atoms with Crippen LogP contribution in [0, 0.1) is 5.41 Å². The highest BCUT2D eigenvalue weighted by atomic mass is 16.5. The number of carbonyl (C=O) groups excluding carboxylic acids is 1. The molecule has 92 valence electrons. The van der Waals surface area contributed by atoms with Gasteiger partial charge >= 0.3 is 0 Å². The monoisotopic (exact) mass is 234 g/mol. The summed E-state index contributed by atoms with van der Waals surface area (Å²) in [5.41, 5.74) is 0.707. The number of ether oxygens (including phenoxy) is 1. The molecule has 2 heterocycles. The first-order valence-electron chi connectivity index (χ1n) is 5.87. The van der Waals surface area contributed by atoms with Crippen molar-refractivity contribution in [2.75, 3.05) is 26.8 Å². The van der Waals surface area contributed by atoms with Crippen LogP contribution in [0.25, 0.3) is 0 Å². The van der Waals surface area contributed by atoms with E-state index in [0.717, 1.165) is 31.5 Å². The molecular formula is C13H18N2O2. The molecule has 0 bridgehead atoms. The van der Waals surface area contributed by atoms with E-state index in [2.05, 4.69) is 9.88 Å². The smallest absolute Gasteiger partial charge is 0.129 e. The largest absolute Gasteiger partial charge is 0.380 e. The van der Waals surface area contributed by atoms with Crippen LogP contribution >= 0.6 is 0 Å². The van der Waals surface area contributed by atoms with E-state index in [0.29, 0.717) is 13.2 Å². The molecule has 17 heavy (non-hydrogen) atoms. The van der Waals surface area contributed by atoms with Crippen molar-refractivity contribution in [2.45, 2.75) is 13.0 Å². The lowest BCUT2D eigenvalue weighted by atomic mass is 9.89. The topological polar surface area (TPSA) is 42.4 Å². The molecule has 0 spiro atoms. The Balaban J connectivity index is 1.92. The van der Waals surface area contributed by atoms with Crippen molar-refractivity contribution in [3.63, 3.8) is 0 Å². The van der Waals surface area contributed by atoms with Crippen LogP contribution in [0.4, 0.5) is 0 Å². The van der Waals surface area contributed by atoms with E-state index in [9.17, 15) is 4.79 Å². The van der Waals surface area contributed by atoms with Gasteiger partial charge in [0.15, 0.2) is 0 Å². The Bertz CT molecular complexity index is 361. The number of rotatable bonds is 5. The van der Waals surface area contributed by atoms with Gasteiger partial charge in [-0.15, -0.1) is 0 Å². The predicted molar refractivity (Wildman–Crippen MR) is 64.5 cm³/mol. The molecule has 1 unspecified atom stereocenters. The second-order valence-corrected chi connectivity index (χ2v) is 4.78. The molecule has 4 nitrogen and oxygen atoms in total.